The summed E-state index contributed by atoms with van der Waals surface area (Å²) in [4.78, 5) is 29.9. The van der Waals surface area contributed by atoms with Crippen LogP contribution in [-0.2, 0) is 11.4 Å². The molecule has 2 aromatic rings. The number of non-ortho nitro benzene ring substituents is 1. The van der Waals surface area contributed by atoms with Crippen LogP contribution in [0.15, 0.2) is 58.4 Å². The molecule has 1 saturated heterocycles. The van der Waals surface area contributed by atoms with E-state index in [1.165, 1.54) is 23.9 Å². The van der Waals surface area contributed by atoms with Gasteiger partial charge in [-0.15, -0.1) is 0 Å². The van der Waals surface area contributed by atoms with Crippen molar-refractivity contribution in [1.29, 1.82) is 0 Å². The zero-order chi connectivity index (χ0) is 21.8. The van der Waals surface area contributed by atoms with Crippen molar-refractivity contribution in [2.75, 3.05) is 13.1 Å². The number of para-hydroxylation sites is 1. The van der Waals surface area contributed by atoms with E-state index in [2.05, 4.69) is 16.8 Å². The number of likely N-dealkylation sites (tertiary alicyclic amines) is 1. The fourth-order valence-electron chi connectivity index (χ4n) is 3.48. The van der Waals surface area contributed by atoms with Crippen LogP contribution in [0.25, 0.3) is 6.08 Å². The van der Waals surface area contributed by atoms with E-state index in [1.807, 2.05) is 30.3 Å². The number of carbonyl (C=O) groups is 1. The molecule has 0 aliphatic carbocycles. The molecule has 2 aliphatic rings. The van der Waals surface area contributed by atoms with Gasteiger partial charge in [-0.3, -0.25) is 14.9 Å². The second-order valence-electron chi connectivity index (χ2n) is 7.73. The number of amidine groups is 1. The minimum atomic E-state index is -0.427. The molecule has 0 aromatic heterocycles. The molecule has 8 heteroatoms. The number of nitro benzene ring substituents is 1. The summed E-state index contributed by atoms with van der Waals surface area (Å²) in [7, 11) is 0. The zero-order valence-corrected chi connectivity index (χ0v) is 18.0. The van der Waals surface area contributed by atoms with E-state index < -0.39 is 4.92 Å². The first-order valence-corrected chi connectivity index (χ1v) is 11.0. The van der Waals surface area contributed by atoms with Crippen LogP contribution in [0.2, 0.25) is 0 Å². The van der Waals surface area contributed by atoms with Crippen molar-refractivity contribution >= 4 is 34.6 Å². The molecule has 0 radical (unpaired) electrons. The molecule has 0 N–H and O–H groups in total. The lowest BCUT2D eigenvalue weighted by Crippen LogP contribution is -2.35. The van der Waals surface area contributed by atoms with Gasteiger partial charge in [0.2, 0.25) is 0 Å². The predicted molar refractivity (Wildman–Crippen MR) is 122 cm³/mol. The quantitative estimate of drug-likeness (QED) is 0.377. The van der Waals surface area contributed by atoms with Gasteiger partial charge in [-0.1, -0.05) is 25.1 Å². The van der Waals surface area contributed by atoms with Crippen LogP contribution in [0.3, 0.4) is 0 Å². The Balaban J connectivity index is 1.44. The maximum atomic E-state index is 12.5. The van der Waals surface area contributed by atoms with Crippen LogP contribution in [0, 0.1) is 16.0 Å². The van der Waals surface area contributed by atoms with Crippen molar-refractivity contribution in [1.82, 2.24) is 4.90 Å². The summed E-state index contributed by atoms with van der Waals surface area (Å²) in [6.07, 6.45) is 4.06. The second kappa shape index (κ2) is 9.34. The first-order chi connectivity index (χ1) is 15.0. The molecule has 7 nitrogen and oxygen atoms in total. The van der Waals surface area contributed by atoms with E-state index in [0.717, 1.165) is 42.2 Å². The molecule has 160 valence electrons. The van der Waals surface area contributed by atoms with Crippen LogP contribution in [0.1, 0.15) is 30.9 Å². The van der Waals surface area contributed by atoms with Crippen LogP contribution < -0.4 is 4.74 Å². The van der Waals surface area contributed by atoms with Crippen LogP contribution in [0.4, 0.5) is 5.69 Å². The molecule has 0 bridgehead atoms. The Bertz CT molecular complexity index is 1040. The minimum Gasteiger partial charge on any atom is -0.488 e. The van der Waals surface area contributed by atoms with E-state index in [4.69, 9.17) is 4.74 Å². The first kappa shape index (κ1) is 21.1. The summed E-state index contributed by atoms with van der Waals surface area (Å²) >= 11 is 1.42. The number of rotatable bonds is 5. The van der Waals surface area contributed by atoms with E-state index in [0.29, 0.717) is 16.6 Å². The smallest absolute Gasteiger partial charge is 0.286 e. The number of nitrogens with zero attached hydrogens (tertiary/aromatic N) is 3. The summed E-state index contributed by atoms with van der Waals surface area (Å²) in [6, 6.07) is 13.8. The SMILES string of the molecule is CC1CCN(C2=NC(=O)/C(=C\c3ccccc3OCc3ccc([N+](=O)[O-])cc3)S2)CC1. The Labute approximate surface area is 185 Å². The fourth-order valence-corrected chi connectivity index (χ4v) is 4.44. The standard InChI is InChI=1S/C23H23N3O4S/c1-16-10-12-25(13-11-16)23-24-22(27)21(31-23)14-18-4-2-3-5-20(18)30-15-17-6-8-19(9-7-17)26(28)29/h2-9,14,16H,10-13,15H2,1H3/b21-14+. The number of hydrogen-bond acceptors (Lipinski definition) is 6. The largest absolute Gasteiger partial charge is 0.488 e. The van der Waals surface area contributed by atoms with Crippen molar-refractivity contribution in [2.24, 2.45) is 10.9 Å². The van der Waals surface area contributed by atoms with Crippen LogP contribution >= 0.6 is 11.8 Å². The number of piperidine rings is 1. The number of benzene rings is 2. The lowest BCUT2D eigenvalue weighted by atomic mass is 10.00. The molecule has 2 heterocycles. The van der Waals surface area contributed by atoms with E-state index in [-0.39, 0.29) is 18.2 Å². The zero-order valence-electron chi connectivity index (χ0n) is 17.2. The molecule has 0 spiro atoms. The summed E-state index contributed by atoms with van der Waals surface area (Å²) in [5.74, 6) is 1.14. The Hall–Kier alpha value is -3.13. The summed E-state index contributed by atoms with van der Waals surface area (Å²) in [5, 5.41) is 11.6. The van der Waals surface area contributed by atoms with Gasteiger partial charge in [-0.05, 0) is 60.4 Å². The van der Waals surface area contributed by atoms with Gasteiger partial charge >= 0.3 is 0 Å². The highest BCUT2D eigenvalue weighted by molar-refractivity contribution is 8.18. The molecule has 0 saturated carbocycles. The van der Waals surface area contributed by atoms with E-state index >= 15 is 0 Å². The van der Waals surface area contributed by atoms with Crippen LogP contribution in [0.5, 0.6) is 5.75 Å². The Morgan fingerprint density at radius 2 is 1.90 bits per heavy atom. The first-order valence-electron chi connectivity index (χ1n) is 10.2. The normalized spacial score (nSPS) is 18.4. The van der Waals surface area contributed by atoms with Crippen molar-refractivity contribution in [3.05, 3.63) is 74.7 Å². The number of amides is 1. The molecule has 1 fully saturated rings. The van der Waals surface area contributed by atoms with Gasteiger partial charge in [0.05, 0.1) is 9.83 Å². The fraction of sp³-hybridized carbons (Fsp3) is 0.304. The highest BCUT2D eigenvalue weighted by Crippen LogP contribution is 2.34. The summed E-state index contributed by atoms with van der Waals surface area (Å²) in [5.41, 5.74) is 1.66. The van der Waals surface area contributed by atoms with E-state index in [9.17, 15) is 14.9 Å². The number of ether oxygens (including phenoxy) is 1. The number of thioether (sulfide) groups is 1. The molecule has 31 heavy (non-hydrogen) atoms. The van der Waals surface area contributed by atoms with Gasteiger partial charge in [0.15, 0.2) is 5.17 Å². The topological polar surface area (TPSA) is 85.0 Å². The lowest BCUT2D eigenvalue weighted by molar-refractivity contribution is -0.384. The molecule has 1 amide bonds. The van der Waals surface area contributed by atoms with Gasteiger partial charge in [0, 0.05) is 30.8 Å². The Kier molecular flexibility index (Phi) is 6.36. The van der Waals surface area contributed by atoms with Crippen LogP contribution in [-0.4, -0.2) is 34.0 Å². The molecular formula is C23H23N3O4S. The van der Waals surface area contributed by atoms with Gasteiger partial charge in [0.1, 0.15) is 12.4 Å². The predicted octanol–water partition coefficient (Wildman–Crippen LogP) is 4.88. The maximum Gasteiger partial charge on any atom is 0.286 e. The van der Waals surface area contributed by atoms with Crippen molar-refractivity contribution in [3.8, 4) is 5.75 Å². The Morgan fingerprint density at radius 3 is 2.61 bits per heavy atom. The Morgan fingerprint density at radius 1 is 1.19 bits per heavy atom. The van der Waals surface area contributed by atoms with Gasteiger partial charge < -0.3 is 9.64 Å². The molecule has 0 atom stereocenters. The third-order valence-corrected chi connectivity index (χ3v) is 6.45. The molecule has 0 unspecified atom stereocenters. The minimum absolute atomic E-state index is 0.0459. The van der Waals surface area contributed by atoms with E-state index in [1.54, 1.807) is 12.1 Å². The van der Waals surface area contributed by atoms with Crippen molar-refractivity contribution in [3.63, 3.8) is 0 Å². The third-order valence-electron chi connectivity index (χ3n) is 5.41. The van der Waals surface area contributed by atoms with Gasteiger partial charge in [-0.25, -0.2) is 0 Å². The highest BCUT2D eigenvalue weighted by Gasteiger charge is 2.28. The number of nitro groups is 1. The van der Waals surface area contributed by atoms with Gasteiger partial charge in [0.25, 0.3) is 11.6 Å². The molecule has 2 aromatic carbocycles. The average Bonchev–Trinajstić information content (AvgIpc) is 3.14. The summed E-state index contributed by atoms with van der Waals surface area (Å²) in [6.45, 7) is 4.39. The molecule has 4 rings (SSSR count). The highest BCUT2D eigenvalue weighted by atomic mass is 32.2. The number of aliphatic imine (C=N–C) groups is 1. The maximum absolute atomic E-state index is 12.5. The molecular weight excluding hydrogens is 414 g/mol. The number of carbonyl (C=O) groups excluding carboxylic acids is 1. The van der Waals surface area contributed by atoms with Crippen molar-refractivity contribution in [2.45, 2.75) is 26.4 Å². The van der Waals surface area contributed by atoms with Crippen molar-refractivity contribution < 1.29 is 14.5 Å². The lowest BCUT2D eigenvalue weighted by Gasteiger charge is -2.30. The second-order valence-corrected chi connectivity index (χ2v) is 8.74. The summed E-state index contributed by atoms with van der Waals surface area (Å²) < 4.78 is 5.94. The molecule has 2 aliphatic heterocycles. The third kappa shape index (κ3) is 5.14. The average molecular weight is 438 g/mol. The van der Waals surface area contributed by atoms with Gasteiger partial charge in [-0.2, -0.15) is 4.99 Å². The number of hydrogen-bond donors (Lipinski definition) is 0. The monoisotopic (exact) mass is 437 g/mol.